The van der Waals surface area contributed by atoms with Gasteiger partial charge < -0.3 is 10.1 Å². The van der Waals surface area contributed by atoms with Gasteiger partial charge in [0.2, 0.25) is 0 Å². The van der Waals surface area contributed by atoms with E-state index in [1.54, 1.807) is 42.5 Å². The molecule has 0 amide bonds. The normalized spacial score (nSPS) is 10.5. The first-order valence-corrected chi connectivity index (χ1v) is 7.90. The van der Waals surface area contributed by atoms with E-state index in [1.807, 2.05) is 0 Å². The van der Waals surface area contributed by atoms with Crippen LogP contribution in [0, 0.1) is 0 Å². The van der Waals surface area contributed by atoms with Gasteiger partial charge in [0.05, 0.1) is 28.9 Å². The van der Waals surface area contributed by atoms with Crippen LogP contribution in [-0.4, -0.2) is 24.4 Å². The number of carbonyl (C=O) groups excluding carboxylic acids is 1. The van der Waals surface area contributed by atoms with Gasteiger partial charge in [0, 0.05) is 11.3 Å². The lowest BCUT2D eigenvalue weighted by atomic mass is 10.2. The Balaban J connectivity index is 1.94. The Kier molecular flexibility index (Phi) is 6.54. The van der Waals surface area contributed by atoms with Crippen molar-refractivity contribution < 1.29 is 9.53 Å². The van der Waals surface area contributed by atoms with E-state index in [0.29, 0.717) is 26.9 Å². The standard InChI is InChI=1S/C16H13Cl2N3O2S/c1-23-15(22)10-5-7-11(8-6-10)20-16(24)21-19-9-12-13(17)3-2-4-14(12)18/h2-9H,1H3,(H2,20,21,24). The average molecular weight is 382 g/mol. The molecular formula is C16H13Cl2N3O2S. The molecule has 0 aliphatic rings. The number of thiocarbonyl (C=S) groups is 1. The Morgan fingerprint density at radius 1 is 1.17 bits per heavy atom. The van der Waals surface area contributed by atoms with Crippen LogP contribution in [0.4, 0.5) is 5.69 Å². The van der Waals surface area contributed by atoms with Gasteiger partial charge >= 0.3 is 5.97 Å². The monoisotopic (exact) mass is 381 g/mol. The first kappa shape index (κ1) is 18.2. The Bertz CT molecular complexity index is 759. The number of esters is 1. The third-order valence-corrected chi connectivity index (χ3v) is 3.78. The summed E-state index contributed by atoms with van der Waals surface area (Å²) < 4.78 is 4.63. The molecule has 0 unspecified atom stereocenters. The van der Waals surface area contributed by atoms with E-state index in [2.05, 4.69) is 20.6 Å². The quantitative estimate of drug-likeness (QED) is 0.361. The van der Waals surface area contributed by atoms with Crippen molar-refractivity contribution >= 4 is 58.4 Å². The second-order valence-electron chi connectivity index (χ2n) is 4.53. The zero-order valence-corrected chi connectivity index (χ0v) is 14.9. The van der Waals surface area contributed by atoms with Crippen molar-refractivity contribution in [2.24, 2.45) is 5.10 Å². The fraction of sp³-hybridized carbons (Fsp3) is 0.0625. The molecule has 2 rings (SSSR count). The van der Waals surface area contributed by atoms with Crippen LogP contribution in [0.25, 0.3) is 0 Å². The maximum atomic E-state index is 11.4. The topological polar surface area (TPSA) is 62.7 Å². The SMILES string of the molecule is COC(=O)c1ccc(NC(=S)NN=Cc2c(Cl)cccc2Cl)cc1. The molecule has 24 heavy (non-hydrogen) atoms. The number of nitrogens with one attached hydrogen (secondary N) is 2. The summed E-state index contributed by atoms with van der Waals surface area (Å²) in [5.74, 6) is -0.400. The lowest BCUT2D eigenvalue weighted by Gasteiger charge is -2.07. The van der Waals surface area contributed by atoms with Crippen LogP contribution in [-0.2, 0) is 4.74 Å². The summed E-state index contributed by atoms with van der Waals surface area (Å²) in [6, 6.07) is 11.8. The van der Waals surface area contributed by atoms with Crippen molar-refractivity contribution in [3.8, 4) is 0 Å². The van der Waals surface area contributed by atoms with Gasteiger partial charge in [0.15, 0.2) is 5.11 Å². The van der Waals surface area contributed by atoms with Crippen LogP contribution in [0.15, 0.2) is 47.6 Å². The minimum atomic E-state index is -0.400. The number of anilines is 1. The number of nitrogens with zero attached hydrogens (tertiary/aromatic N) is 1. The smallest absolute Gasteiger partial charge is 0.337 e. The van der Waals surface area contributed by atoms with Crippen LogP contribution in [0.1, 0.15) is 15.9 Å². The van der Waals surface area contributed by atoms with Crippen molar-refractivity contribution in [1.82, 2.24) is 5.43 Å². The highest BCUT2D eigenvalue weighted by Gasteiger charge is 2.05. The van der Waals surface area contributed by atoms with Crippen LogP contribution in [0.5, 0.6) is 0 Å². The summed E-state index contributed by atoms with van der Waals surface area (Å²) in [7, 11) is 1.33. The Morgan fingerprint density at radius 3 is 2.38 bits per heavy atom. The molecule has 0 fully saturated rings. The molecule has 0 aromatic heterocycles. The molecule has 0 aliphatic carbocycles. The largest absolute Gasteiger partial charge is 0.465 e. The van der Waals surface area contributed by atoms with E-state index < -0.39 is 5.97 Å². The number of benzene rings is 2. The highest BCUT2D eigenvalue weighted by Crippen LogP contribution is 2.22. The number of halogens is 2. The van der Waals surface area contributed by atoms with E-state index in [1.165, 1.54) is 13.3 Å². The number of carbonyl (C=O) groups is 1. The number of hydrazone groups is 1. The first-order chi connectivity index (χ1) is 11.5. The van der Waals surface area contributed by atoms with Gasteiger partial charge in [-0.05, 0) is 48.6 Å². The van der Waals surface area contributed by atoms with Gasteiger partial charge in [0.25, 0.3) is 0 Å². The molecule has 2 aromatic rings. The number of methoxy groups -OCH3 is 1. The van der Waals surface area contributed by atoms with Gasteiger partial charge in [-0.3, -0.25) is 5.43 Å². The summed E-state index contributed by atoms with van der Waals surface area (Å²) in [5.41, 5.74) is 4.41. The van der Waals surface area contributed by atoms with E-state index >= 15 is 0 Å². The van der Waals surface area contributed by atoms with E-state index in [-0.39, 0.29) is 5.11 Å². The number of rotatable bonds is 4. The van der Waals surface area contributed by atoms with Crippen molar-refractivity contribution in [3.63, 3.8) is 0 Å². The summed E-state index contributed by atoms with van der Waals surface area (Å²) in [4.78, 5) is 11.4. The Labute approximate surface area is 154 Å². The lowest BCUT2D eigenvalue weighted by molar-refractivity contribution is 0.0601. The maximum Gasteiger partial charge on any atom is 0.337 e. The van der Waals surface area contributed by atoms with Gasteiger partial charge in [-0.25, -0.2) is 4.79 Å². The molecule has 2 N–H and O–H groups in total. The Hall–Kier alpha value is -2.15. The second-order valence-corrected chi connectivity index (χ2v) is 5.75. The highest BCUT2D eigenvalue weighted by atomic mass is 35.5. The molecular weight excluding hydrogens is 369 g/mol. The fourth-order valence-electron chi connectivity index (χ4n) is 1.76. The summed E-state index contributed by atoms with van der Waals surface area (Å²) in [5, 5.41) is 8.19. The third kappa shape index (κ3) is 4.92. The predicted molar refractivity (Wildman–Crippen MR) is 101 cm³/mol. The number of ether oxygens (including phenoxy) is 1. The molecule has 0 atom stereocenters. The zero-order chi connectivity index (χ0) is 17.5. The van der Waals surface area contributed by atoms with Gasteiger partial charge in [-0.15, -0.1) is 0 Å². The molecule has 0 heterocycles. The Morgan fingerprint density at radius 2 is 1.79 bits per heavy atom. The van der Waals surface area contributed by atoms with Crippen LogP contribution in [0.3, 0.4) is 0 Å². The van der Waals surface area contributed by atoms with Crippen molar-refractivity contribution in [2.75, 3.05) is 12.4 Å². The summed E-state index contributed by atoms with van der Waals surface area (Å²) >= 11 is 17.2. The molecule has 0 saturated carbocycles. The number of hydrogen-bond acceptors (Lipinski definition) is 4. The van der Waals surface area contributed by atoms with Crippen LogP contribution in [0.2, 0.25) is 10.0 Å². The van der Waals surface area contributed by atoms with Gasteiger partial charge in [-0.2, -0.15) is 5.10 Å². The zero-order valence-electron chi connectivity index (χ0n) is 12.5. The summed E-state index contributed by atoms with van der Waals surface area (Å²) in [6.45, 7) is 0. The van der Waals surface area contributed by atoms with E-state index in [0.717, 1.165) is 0 Å². The molecule has 0 spiro atoms. The molecule has 8 heteroatoms. The molecule has 5 nitrogen and oxygen atoms in total. The maximum absolute atomic E-state index is 11.4. The van der Waals surface area contributed by atoms with Gasteiger partial charge in [0.1, 0.15) is 0 Å². The first-order valence-electron chi connectivity index (χ1n) is 6.73. The highest BCUT2D eigenvalue weighted by molar-refractivity contribution is 7.80. The minimum absolute atomic E-state index is 0.278. The number of hydrogen-bond donors (Lipinski definition) is 2. The van der Waals surface area contributed by atoms with Crippen molar-refractivity contribution in [1.29, 1.82) is 0 Å². The molecule has 0 radical (unpaired) electrons. The molecule has 0 aliphatic heterocycles. The minimum Gasteiger partial charge on any atom is -0.465 e. The average Bonchev–Trinajstić information content (AvgIpc) is 2.57. The summed E-state index contributed by atoms with van der Waals surface area (Å²) in [6.07, 6.45) is 1.49. The van der Waals surface area contributed by atoms with E-state index in [4.69, 9.17) is 35.4 Å². The molecule has 0 saturated heterocycles. The van der Waals surface area contributed by atoms with Crippen molar-refractivity contribution in [2.45, 2.75) is 0 Å². The van der Waals surface area contributed by atoms with Crippen molar-refractivity contribution in [3.05, 3.63) is 63.6 Å². The molecule has 2 aromatic carbocycles. The third-order valence-electron chi connectivity index (χ3n) is 2.92. The van der Waals surface area contributed by atoms with Crippen LogP contribution >= 0.6 is 35.4 Å². The van der Waals surface area contributed by atoms with Crippen LogP contribution < -0.4 is 10.7 Å². The second kappa shape index (κ2) is 8.63. The molecule has 124 valence electrons. The van der Waals surface area contributed by atoms with Gasteiger partial charge in [-0.1, -0.05) is 29.3 Å². The lowest BCUT2D eigenvalue weighted by Crippen LogP contribution is -2.23. The molecule has 0 bridgehead atoms. The predicted octanol–water partition coefficient (Wildman–Crippen LogP) is 4.10. The fourth-order valence-corrected chi connectivity index (χ4v) is 2.42. The van der Waals surface area contributed by atoms with E-state index in [9.17, 15) is 4.79 Å².